The number of nitrogens with one attached hydrogen (secondary N) is 1. The van der Waals surface area contributed by atoms with E-state index in [-0.39, 0.29) is 24.8 Å². The average molecular weight is 317 g/mol. The van der Waals surface area contributed by atoms with Gasteiger partial charge in [0.1, 0.15) is 0 Å². The molecule has 1 aromatic rings. The molecule has 1 N–H and O–H groups in total. The van der Waals surface area contributed by atoms with Gasteiger partial charge in [-0.1, -0.05) is 35.4 Å². The highest BCUT2D eigenvalue weighted by Crippen LogP contribution is 2.26. The van der Waals surface area contributed by atoms with Crippen LogP contribution in [-0.4, -0.2) is 31.1 Å². The van der Waals surface area contributed by atoms with Crippen molar-refractivity contribution in [2.45, 2.75) is 26.3 Å². The quantitative estimate of drug-likeness (QED) is 0.853. The summed E-state index contributed by atoms with van der Waals surface area (Å²) in [5.41, 5.74) is 4.15. The van der Waals surface area contributed by atoms with Gasteiger partial charge in [-0.05, 0) is 25.8 Å². The van der Waals surface area contributed by atoms with E-state index in [2.05, 4.69) is 48.8 Å². The normalized spacial score (nSPS) is 16.7. The van der Waals surface area contributed by atoms with Gasteiger partial charge in [0.25, 0.3) is 0 Å². The molecule has 1 aromatic carbocycles. The Bertz CT molecular complexity index is 395. The van der Waals surface area contributed by atoms with Crippen LogP contribution in [0.1, 0.15) is 29.2 Å². The van der Waals surface area contributed by atoms with E-state index in [1.165, 1.54) is 16.7 Å². The maximum absolute atomic E-state index is 3.92. The highest BCUT2D eigenvalue weighted by molar-refractivity contribution is 5.85. The number of benzene rings is 1. The van der Waals surface area contributed by atoms with Crippen LogP contribution in [0.25, 0.3) is 0 Å². The molecule has 1 aliphatic rings. The van der Waals surface area contributed by atoms with Gasteiger partial charge in [-0.3, -0.25) is 4.90 Å². The summed E-state index contributed by atoms with van der Waals surface area (Å²) in [4.78, 5) is 2.58. The molecule has 0 bridgehead atoms. The summed E-state index contributed by atoms with van der Waals surface area (Å²) < 4.78 is 0. The Balaban J connectivity index is 0.00000180. The van der Waals surface area contributed by atoms with Crippen LogP contribution in [0.15, 0.2) is 30.9 Å². The fraction of sp³-hybridized carbons (Fsp3) is 0.500. The van der Waals surface area contributed by atoms with Gasteiger partial charge in [0.2, 0.25) is 0 Å². The van der Waals surface area contributed by atoms with Crippen molar-refractivity contribution in [2.24, 2.45) is 0 Å². The Morgan fingerprint density at radius 3 is 2.20 bits per heavy atom. The van der Waals surface area contributed by atoms with E-state index in [9.17, 15) is 0 Å². The molecule has 20 heavy (non-hydrogen) atoms. The first kappa shape index (κ1) is 19.5. The van der Waals surface area contributed by atoms with Crippen molar-refractivity contribution in [1.82, 2.24) is 10.2 Å². The van der Waals surface area contributed by atoms with Gasteiger partial charge in [0.05, 0.1) is 0 Å². The molecule has 0 spiro atoms. The van der Waals surface area contributed by atoms with Crippen molar-refractivity contribution in [1.29, 1.82) is 0 Å². The predicted octanol–water partition coefficient (Wildman–Crippen LogP) is 3.67. The SMILES string of the molecule is C=CC[C@@H](c1cc(C)cc(C)c1)N1CCNCC1.Cl.Cl. The summed E-state index contributed by atoms with van der Waals surface area (Å²) in [7, 11) is 0. The second kappa shape index (κ2) is 9.41. The fourth-order valence-electron chi connectivity index (χ4n) is 2.85. The van der Waals surface area contributed by atoms with Crippen LogP contribution in [-0.2, 0) is 0 Å². The lowest BCUT2D eigenvalue weighted by Crippen LogP contribution is -2.45. The van der Waals surface area contributed by atoms with Gasteiger partial charge in [0, 0.05) is 32.2 Å². The standard InChI is InChI=1S/C16H24N2.2ClH/c1-4-5-16(18-8-6-17-7-9-18)15-11-13(2)10-14(3)12-15;;/h4,10-12,16-17H,1,5-9H2,2-3H3;2*1H/t16-;;/m0../s1. The molecule has 1 heterocycles. The molecule has 114 valence electrons. The van der Waals surface area contributed by atoms with E-state index in [4.69, 9.17) is 0 Å². The smallest absolute Gasteiger partial charge is 0.0383 e. The lowest BCUT2D eigenvalue weighted by atomic mass is 9.97. The van der Waals surface area contributed by atoms with Gasteiger partial charge in [0.15, 0.2) is 0 Å². The van der Waals surface area contributed by atoms with E-state index in [1.807, 2.05) is 6.08 Å². The molecular weight excluding hydrogens is 291 g/mol. The molecule has 2 nitrogen and oxygen atoms in total. The summed E-state index contributed by atoms with van der Waals surface area (Å²) in [6.07, 6.45) is 3.08. The summed E-state index contributed by atoms with van der Waals surface area (Å²) >= 11 is 0. The van der Waals surface area contributed by atoms with Gasteiger partial charge in [-0.2, -0.15) is 0 Å². The molecular formula is C16H26Cl2N2. The monoisotopic (exact) mass is 316 g/mol. The minimum Gasteiger partial charge on any atom is -0.314 e. The highest BCUT2D eigenvalue weighted by Gasteiger charge is 2.21. The van der Waals surface area contributed by atoms with Crippen molar-refractivity contribution in [3.63, 3.8) is 0 Å². The van der Waals surface area contributed by atoms with Crippen molar-refractivity contribution in [3.8, 4) is 0 Å². The van der Waals surface area contributed by atoms with Crippen LogP contribution < -0.4 is 5.32 Å². The second-order valence-electron chi connectivity index (χ2n) is 5.25. The fourth-order valence-corrected chi connectivity index (χ4v) is 2.85. The second-order valence-corrected chi connectivity index (χ2v) is 5.25. The van der Waals surface area contributed by atoms with Crippen molar-refractivity contribution in [2.75, 3.05) is 26.2 Å². The van der Waals surface area contributed by atoms with Crippen molar-refractivity contribution >= 4 is 24.8 Å². The van der Waals surface area contributed by atoms with Crippen LogP contribution >= 0.6 is 24.8 Å². The lowest BCUT2D eigenvalue weighted by molar-refractivity contribution is 0.174. The average Bonchev–Trinajstić information content (AvgIpc) is 2.36. The van der Waals surface area contributed by atoms with Crippen LogP contribution in [0.3, 0.4) is 0 Å². The Labute approximate surface area is 135 Å². The molecule has 0 aromatic heterocycles. The minimum atomic E-state index is 0. The molecule has 1 atom stereocenters. The third-order valence-electron chi connectivity index (χ3n) is 3.61. The Morgan fingerprint density at radius 2 is 1.70 bits per heavy atom. The first-order chi connectivity index (χ1) is 8.70. The van der Waals surface area contributed by atoms with Crippen LogP contribution in [0.5, 0.6) is 0 Å². The predicted molar refractivity (Wildman–Crippen MR) is 92.4 cm³/mol. The third-order valence-corrected chi connectivity index (χ3v) is 3.61. The zero-order chi connectivity index (χ0) is 13.0. The summed E-state index contributed by atoms with van der Waals surface area (Å²) in [5.74, 6) is 0. The number of halogens is 2. The van der Waals surface area contributed by atoms with Crippen LogP contribution in [0.4, 0.5) is 0 Å². The molecule has 0 amide bonds. The maximum Gasteiger partial charge on any atom is 0.0383 e. The number of hydrogen-bond acceptors (Lipinski definition) is 2. The van der Waals surface area contributed by atoms with Crippen molar-refractivity contribution < 1.29 is 0 Å². The molecule has 1 fully saturated rings. The van der Waals surface area contributed by atoms with Gasteiger partial charge >= 0.3 is 0 Å². The zero-order valence-corrected chi connectivity index (χ0v) is 14.0. The third kappa shape index (κ3) is 5.10. The molecule has 0 saturated carbocycles. The van der Waals surface area contributed by atoms with E-state index in [1.54, 1.807) is 0 Å². The number of rotatable bonds is 4. The minimum absolute atomic E-state index is 0. The van der Waals surface area contributed by atoms with Crippen LogP contribution in [0, 0.1) is 13.8 Å². The Hall–Kier alpha value is -0.540. The number of aryl methyl sites for hydroxylation is 2. The summed E-state index contributed by atoms with van der Waals surface area (Å²) in [6.45, 7) is 12.7. The molecule has 2 rings (SSSR count). The van der Waals surface area contributed by atoms with E-state index in [0.717, 1.165) is 32.6 Å². The van der Waals surface area contributed by atoms with Gasteiger partial charge in [-0.15, -0.1) is 31.4 Å². The molecule has 1 aliphatic heterocycles. The number of piperazine rings is 1. The maximum atomic E-state index is 3.92. The number of hydrogen-bond donors (Lipinski definition) is 1. The van der Waals surface area contributed by atoms with Crippen LogP contribution in [0.2, 0.25) is 0 Å². The largest absolute Gasteiger partial charge is 0.314 e. The molecule has 1 saturated heterocycles. The summed E-state index contributed by atoms with van der Waals surface area (Å²) in [5, 5.41) is 3.42. The highest BCUT2D eigenvalue weighted by atomic mass is 35.5. The first-order valence-corrected chi connectivity index (χ1v) is 6.84. The Morgan fingerprint density at radius 1 is 1.15 bits per heavy atom. The van der Waals surface area contributed by atoms with Gasteiger partial charge < -0.3 is 5.32 Å². The topological polar surface area (TPSA) is 15.3 Å². The van der Waals surface area contributed by atoms with E-state index in [0.29, 0.717) is 6.04 Å². The lowest BCUT2D eigenvalue weighted by Gasteiger charge is -2.35. The van der Waals surface area contributed by atoms with Crippen molar-refractivity contribution in [3.05, 3.63) is 47.5 Å². The zero-order valence-electron chi connectivity index (χ0n) is 12.4. The molecule has 0 radical (unpaired) electrons. The molecule has 0 aliphatic carbocycles. The van der Waals surface area contributed by atoms with E-state index >= 15 is 0 Å². The van der Waals surface area contributed by atoms with E-state index < -0.39 is 0 Å². The number of nitrogens with zero attached hydrogens (tertiary/aromatic N) is 1. The Kier molecular flexibility index (Phi) is 9.15. The molecule has 0 unspecified atom stereocenters. The molecule has 4 heteroatoms. The first-order valence-electron chi connectivity index (χ1n) is 6.84. The summed E-state index contributed by atoms with van der Waals surface area (Å²) in [6, 6.07) is 7.38. The van der Waals surface area contributed by atoms with Gasteiger partial charge in [-0.25, -0.2) is 0 Å².